The van der Waals surface area contributed by atoms with Crippen LogP contribution < -0.4 is 16.0 Å². The van der Waals surface area contributed by atoms with E-state index < -0.39 is 0 Å². The molecule has 3 N–H and O–H groups in total. The van der Waals surface area contributed by atoms with Crippen molar-refractivity contribution in [1.82, 2.24) is 9.97 Å². The number of rotatable bonds is 5. The first-order valence-corrected chi connectivity index (χ1v) is 10.1. The third-order valence-electron chi connectivity index (χ3n) is 4.54. The standard InChI is InChI=1S/C21H21N5OS/c1-14-12-19(22)25-21(23-14)28-13-20(27)24-16-6-8-17(9-7-16)26-11-10-15-4-2-3-5-18(15)26/h2-9,12H,10-11,13H2,1H3,(H,24,27)(H2,22,23,25). The maximum atomic E-state index is 12.2. The normalized spacial score (nSPS) is 12.7. The molecule has 0 saturated heterocycles. The molecule has 1 aliphatic rings. The largest absolute Gasteiger partial charge is 0.384 e. The van der Waals surface area contributed by atoms with E-state index in [0.29, 0.717) is 11.0 Å². The summed E-state index contributed by atoms with van der Waals surface area (Å²) in [7, 11) is 0. The molecule has 28 heavy (non-hydrogen) atoms. The molecule has 0 unspecified atom stereocenters. The van der Waals surface area contributed by atoms with Gasteiger partial charge in [-0.15, -0.1) is 0 Å². The second-order valence-electron chi connectivity index (χ2n) is 6.63. The summed E-state index contributed by atoms with van der Waals surface area (Å²) in [5, 5.41) is 3.42. The summed E-state index contributed by atoms with van der Waals surface area (Å²) in [6.07, 6.45) is 1.05. The summed E-state index contributed by atoms with van der Waals surface area (Å²) in [4.78, 5) is 22.9. The maximum absolute atomic E-state index is 12.2. The van der Waals surface area contributed by atoms with Crippen molar-refractivity contribution < 1.29 is 4.79 Å². The van der Waals surface area contributed by atoms with Crippen LogP contribution in [0.25, 0.3) is 0 Å². The van der Waals surface area contributed by atoms with E-state index in [4.69, 9.17) is 5.73 Å². The molecule has 4 rings (SSSR count). The molecule has 0 aliphatic carbocycles. The molecule has 142 valence electrons. The second kappa shape index (κ2) is 7.90. The molecule has 2 aromatic carbocycles. The lowest BCUT2D eigenvalue weighted by molar-refractivity contribution is -0.113. The van der Waals surface area contributed by atoms with Crippen LogP contribution in [0.15, 0.2) is 59.8 Å². The van der Waals surface area contributed by atoms with Crippen molar-refractivity contribution in [3.8, 4) is 0 Å². The van der Waals surface area contributed by atoms with Gasteiger partial charge in [-0.3, -0.25) is 4.79 Å². The Morgan fingerprint density at radius 3 is 2.75 bits per heavy atom. The molecule has 1 amide bonds. The number of aromatic nitrogens is 2. The minimum absolute atomic E-state index is 0.104. The summed E-state index contributed by atoms with van der Waals surface area (Å²) in [5.41, 5.74) is 11.0. The monoisotopic (exact) mass is 391 g/mol. The molecule has 7 heteroatoms. The minimum atomic E-state index is -0.104. The van der Waals surface area contributed by atoms with Crippen LogP contribution in [0.5, 0.6) is 0 Å². The van der Waals surface area contributed by atoms with Gasteiger partial charge in [0, 0.05) is 35.4 Å². The highest BCUT2D eigenvalue weighted by atomic mass is 32.2. The molecular formula is C21H21N5OS. The van der Waals surface area contributed by atoms with Crippen molar-refractivity contribution in [1.29, 1.82) is 0 Å². The summed E-state index contributed by atoms with van der Waals surface area (Å²) < 4.78 is 0. The first-order chi connectivity index (χ1) is 13.6. The number of hydrogen-bond acceptors (Lipinski definition) is 6. The van der Waals surface area contributed by atoms with Gasteiger partial charge in [0.1, 0.15) is 5.82 Å². The number of nitrogens with two attached hydrogens (primary N) is 1. The number of carbonyl (C=O) groups is 1. The van der Waals surface area contributed by atoms with E-state index in [1.54, 1.807) is 6.07 Å². The number of thioether (sulfide) groups is 1. The number of fused-ring (bicyclic) bond motifs is 1. The number of hydrogen-bond donors (Lipinski definition) is 2. The molecule has 6 nitrogen and oxygen atoms in total. The fourth-order valence-electron chi connectivity index (χ4n) is 3.29. The number of aryl methyl sites for hydroxylation is 1. The summed E-state index contributed by atoms with van der Waals surface area (Å²) in [6, 6.07) is 18.1. The van der Waals surface area contributed by atoms with Crippen molar-refractivity contribution in [2.45, 2.75) is 18.5 Å². The van der Waals surface area contributed by atoms with Crippen molar-refractivity contribution in [3.05, 3.63) is 65.9 Å². The lowest BCUT2D eigenvalue weighted by Crippen LogP contribution is -2.15. The lowest BCUT2D eigenvalue weighted by Gasteiger charge is -2.20. The van der Waals surface area contributed by atoms with Gasteiger partial charge in [0.2, 0.25) is 5.91 Å². The number of nitrogens with one attached hydrogen (secondary N) is 1. The lowest BCUT2D eigenvalue weighted by atomic mass is 10.2. The highest BCUT2D eigenvalue weighted by Crippen LogP contribution is 2.34. The Hall–Kier alpha value is -3.06. The van der Waals surface area contributed by atoms with Gasteiger partial charge in [0.15, 0.2) is 5.16 Å². The topological polar surface area (TPSA) is 84.1 Å². The zero-order valence-corrected chi connectivity index (χ0v) is 16.4. The predicted molar refractivity (Wildman–Crippen MR) is 114 cm³/mol. The molecule has 1 aliphatic heterocycles. The first-order valence-electron chi connectivity index (χ1n) is 9.08. The van der Waals surface area contributed by atoms with Crippen LogP contribution in [0.3, 0.4) is 0 Å². The second-order valence-corrected chi connectivity index (χ2v) is 7.57. The molecule has 0 radical (unpaired) electrons. The van der Waals surface area contributed by atoms with Gasteiger partial charge in [-0.2, -0.15) is 0 Å². The van der Waals surface area contributed by atoms with Gasteiger partial charge < -0.3 is 16.0 Å². The van der Waals surface area contributed by atoms with Crippen molar-refractivity contribution >= 4 is 40.5 Å². The Morgan fingerprint density at radius 1 is 1.18 bits per heavy atom. The Kier molecular flexibility index (Phi) is 5.16. The smallest absolute Gasteiger partial charge is 0.234 e. The Bertz CT molecular complexity index is 986. The molecule has 2 heterocycles. The zero-order chi connectivity index (χ0) is 19.5. The Morgan fingerprint density at radius 2 is 1.96 bits per heavy atom. The van der Waals surface area contributed by atoms with Crippen LogP contribution in [0.1, 0.15) is 11.3 Å². The predicted octanol–water partition coefficient (Wildman–Crippen LogP) is 3.79. The van der Waals surface area contributed by atoms with Crippen LogP contribution in [-0.4, -0.2) is 28.2 Å². The molecule has 1 aromatic heterocycles. The van der Waals surface area contributed by atoms with Gasteiger partial charge in [0.05, 0.1) is 5.75 Å². The van der Waals surface area contributed by atoms with E-state index >= 15 is 0 Å². The molecular weight excluding hydrogens is 370 g/mol. The summed E-state index contributed by atoms with van der Waals surface area (Å²) >= 11 is 1.27. The molecule has 0 saturated carbocycles. The van der Waals surface area contributed by atoms with Gasteiger partial charge in [0.25, 0.3) is 0 Å². The maximum Gasteiger partial charge on any atom is 0.234 e. The number of carbonyl (C=O) groups excluding carboxylic acids is 1. The fourth-order valence-corrected chi connectivity index (χ4v) is 4.00. The number of para-hydroxylation sites is 1. The van der Waals surface area contributed by atoms with E-state index in [1.165, 1.54) is 23.0 Å². The van der Waals surface area contributed by atoms with Crippen molar-refractivity contribution in [2.75, 3.05) is 28.2 Å². The van der Waals surface area contributed by atoms with Crippen LogP contribution in [0.2, 0.25) is 0 Å². The summed E-state index contributed by atoms with van der Waals surface area (Å²) in [6.45, 7) is 2.82. The number of anilines is 4. The van der Waals surface area contributed by atoms with Crippen LogP contribution in [0, 0.1) is 6.92 Å². The first kappa shape index (κ1) is 18.3. The Labute approximate surface area is 168 Å². The average Bonchev–Trinajstić information content (AvgIpc) is 3.10. The molecule has 3 aromatic rings. The number of nitrogens with zero attached hydrogens (tertiary/aromatic N) is 3. The third-order valence-corrected chi connectivity index (χ3v) is 5.38. The number of amides is 1. The Balaban J connectivity index is 1.36. The fraction of sp³-hybridized carbons (Fsp3) is 0.190. The quantitative estimate of drug-likeness (QED) is 0.508. The van der Waals surface area contributed by atoms with Crippen LogP contribution >= 0.6 is 11.8 Å². The van der Waals surface area contributed by atoms with E-state index in [9.17, 15) is 4.79 Å². The van der Waals surface area contributed by atoms with Crippen LogP contribution in [-0.2, 0) is 11.2 Å². The van der Waals surface area contributed by atoms with Crippen molar-refractivity contribution in [2.24, 2.45) is 0 Å². The van der Waals surface area contributed by atoms with Gasteiger partial charge >= 0.3 is 0 Å². The highest BCUT2D eigenvalue weighted by molar-refractivity contribution is 7.99. The molecule has 0 fully saturated rings. The van der Waals surface area contributed by atoms with Gasteiger partial charge in [-0.05, 0) is 49.2 Å². The number of nitrogen functional groups attached to an aromatic ring is 1. The van der Waals surface area contributed by atoms with Crippen molar-refractivity contribution in [3.63, 3.8) is 0 Å². The van der Waals surface area contributed by atoms with Crippen LogP contribution in [0.4, 0.5) is 22.9 Å². The third kappa shape index (κ3) is 4.09. The highest BCUT2D eigenvalue weighted by Gasteiger charge is 2.19. The molecule has 0 spiro atoms. The van der Waals surface area contributed by atoms with E-state index in [2.05, 4.69) is 44.5 Å². The minimum Gasteiger partial charge on any atom is -0.384 e. The zero-order valence-electron chi connectivity index (χ0n) is 15.6. The molecule has 0 atom stereocenters. The van der Waals surface area contributed by atoms with E-state index in [1.807, 2.05) is 31.2 Å². The van der Waals surface area contributed by atoms with E-state index in [0.717, 1.165) is 30.0 Å². The summed E-state index contributed by atoms with van der Waals surface area (Å²) in [5.74, 6) is 0.534. The molecule has 0 bridgehead atoms. The average molecular weight is 392 g/mol. The van der Waals surface area contributed by atoms with Gasteiger partial charge in [-0.25, -0.2) is 9.97 Å². The van der Waals surface area contributed by atoms with E-state index in [-0.39, 0.29) is 11.7 Å². The SMILES string of the molecule is Cc1cc(N)nc(SCC(=O)Nc2ccc(N3CCc4ccccc43)cc2)n1. The number of benzene rings is 2. The van der Waals surface area contributed by atoms with Gasteiger partial charge in [-0.1, -0.05) is 30.0 Å².